The molecule has 0 N–H and O–H groups in total. The van der Waals surface area contributed by atoms with Crippen LogP contribution in [0.2, 0.25) is 5.02 Å². The van der Waals surface area contributed by atoms with Gasteiger partial charge in [-0.1, -0.05) is 18.5 Å². The number of halogens is 2. The molecule has 1 aromatic carbocycles. The monoisotopic (exact) mass is 371 g/mol. The summed E-state index contributed by atoms with van der Waals surface area (Å²) in [5.41, 5.74) is -0.0945. The van der Waals surface area contributed by atoms with E-state index < -0.39 is 4.92 Å². The van der Waals surface area contributed by atoms with Crippen LogP contribution in [0.25, 0.3) is 0 Å². The molecule has 1 aromatic heterocycles. The Balaban J connectivity index is 2.27. The van der Waals surface area contributed by atoms with Gasteiger partial charge in [-0.15, -0.1) is 0 Å². The van der Waals surface area contributed by atoms with Crippen LogP contribution < -0.4 is 4.74 Å². The third kappa shape index (κ3) is 4.12. The largest absolute Gasteiger partial charge is 0.437 e. The molecule has 0 saturated heterocycles. The fourth-order valence-electron chi connectivity index (χ4n) is 1.63. The van der Waals surface area contributed by atoms with Crippen molar-refractivity contribution < 1.29 is 9.66 Å². The van der Waals surface area contributed by atoms with E-state index in [1.54, 1.807) is 6.07 Å². The summed E-state index contributed by atoms with van der Waals surface area (Å²) >= 11 is 9.27. The molecule has 0 amide bonds. The van der Waals surface area contributed by atoms with E-state index in [1.807, 2.05) is 6.92 Å². The van der Waals surface area contributed by atoms with Gasteiger partial charge in [-0.2, -0.15) is 4.98 Å². The van der Waals surface area contributed by atoms with Gasteiger partial charge in [0.1, 0.15) is 16.2 Å². The van der Waals surface area contributed by atoms with Crippen LogP contribution in [0.1, 0.15) is 19.2 Å². The van der Waals surface area contributed by atoms with Gasteiger partial charge in [-0.3, -0.25) is 10.1 Å². The summed E-state index contributed by atoms with van der Waals surface area (Å²) in [5, 5.41) is 10.8. The molecule has 110 valence electrons. The van der Waals surface area contributed by atoms with Crippen LogP contribution in [-0.4, -0.2) is 14.9 Å². The standard InChI is InChI=1S/C13H11BrClN3O3/c1-2-3-12-16-11(14)7-13(17-12)21-10-5-4-8(18(19)20)6-9(10)15/h4-7H,2-3H2,1H3. The van der Waals surface area contributed by atoms with Gasteiger partial charge in [-0.05, 0) is 28.4 Å². The Labute approximate surface area is 134 Å². The molecule has 2 rings (SSSR count). The normalized spacial score (nSPS) is 10.4. The van der Waals surface area contributed by atoms with E-state index in [-0.39, 0.29) is 10.7 Å². The zero-order valence-corrected chi connectivity index (χ0v) is 13.4. The van der Waals surface area contributed by atoms with Crippen molar-refractivity contribution in [2.45, 2.75) is 19.8 Å². The number of benzene rings is 1. The zero-order valence-electron chi connectivity index (χ0n) is 11.0. The Hall–Kier alpha value is -1.73. The van der Waals surface area contributed by atoms with Crippen molar-refractivity contribution in [3.05, 3.63) is 49.8 Å². The average molecular weight is 373 g/mol. The summed E-state index contributed by atoms with van der Waals surface area (Å²) in [7, 11) is 0. The van der Waals surface area contributed by atoms with Crippen molar-refractivity contribution in [3.63, 3.8) is 0 Å². The molecule has 0 fully saturated rings. The second kappa shape index (κ2) is 6.82. The highest BCUT2D eigenvalue weighted by molar-refractivity contribution is 9.10. The van der Waals surface area contributed by atoms with Gasteiger partial charge in [0.15, 0.2) is 0 Å². The van der Waals surface area contributed by atoms with E-state index in [9.17, 15) is 10.1 Å². The summed E-state index contributed by atoms with van der Waals surface area (Å²) in [6, 6.07) is 5.61. The van der Waals surface area contributed by atoms with Crippen LogP contribution in [0.5, 0.6) is 11.6 Å². The van der Waals surface area contributed by atoms with Crippen LogP contribution in [0.4, 0.5) is 5.69 Å². The van der Waals surface area contributed by atoms with Gasteiger partial charge in [-0.25, -0.2) is 4.98 Å². The van der Waals surface area contributed by atoms with Crippen LogP contribution in [0, 0.1) is 10.1 Å². The maximum Gasteiger partial charge on any atom is 0.271 e. The number of non-ortho nitro benzene ring substituents is 1. The first-order chi connectivity index (χ1) is 9.99. The van der Waals surface area contributed by atoms with Crippen molar-refractivity contribution >= 4 is 33.2 Å². The predicted molar refractivity (Wildman–Crippen MR) is 81.9 cm³/mol. The Morgan fingerprint density at radius 1 is 1.38 bits per heavy atom. The second-order valence-electron chi connectivity index (χ2n) is 4.17. The third-order valence-electron chi connectivity index (χ3n) is 2.53. The molecule has 0 spiro atoms. The molecule has 0 atom stereocenters. The first-order valence-corrected chi connectivity index (χ1v) is 7.32. The Bertz CT molecular complexity index is 682. The lowest BCUT2D eigenvalue weighted by Gasteiger charge is -2.08. The van der Waals surface area contributed by atoms with Gasteiger partial charge in [0.25, 0.3) is 5.69 Å². The second-order valence-corrected chi connectivity index (χ2v) is 5.39. The van der Waals surface area contributed by atoms with Gasteiger partial charge in [0.05, 0.1) is 9.95 Å². The van der Waals surface area contributed by atoms with Crippen LogP contribution in [0.3, 0.4) is 0 Å². The van der Waals surface area contributed by atoms with E-state index in [2.05, 4.69) is 25.9 Å². The maximum absolute atomic E-state index is 10.7. The van der Waals surface area contributed by atoms with E-state index in [4.69, 9.17) is 16.3 Å². The molecule has 2 aromatic rings. The summed E-state index contributed by atoms with van der Waals surface area (Å²) < 4.78 is 6.18. The minimum absolute atomic E-state index is 0.0945. The lowest BCUT2D eigenvalue weighted by molar-refractivity contribution is -0.384. The summed E-state index contributed by atoms with van der Waals surface area (Å²) in [6.45, 7) is 2.03. The number of hydrogen-bond donors (Lipinski definition) is 0. The highest BCUT2D eigenvalue weighted by Gasteiger charge is 2.12. The molecule has 6 nitrogen and oxygen atoms in total. The molecular weight excluding hydrogens is 362 g/mol. The van der Waals surface area contributed by atoms with Crippen LogP contribution in [-0.2, 0) is 6.42 Å². The maximum atomic E-state index is 10.7. The first kappa shape index (κ1) is 15.7. The quantitative estimate of drug-likeness (QED) is 0.437. The number of ether oxygens (including phenoxy) is 1. The Morgan fingerprint density at radius 2 is 2.14 bits per heavy atom. The number of aryl methyl sites for hydroxylation is 1. The smallest absolute Gasteiger partial charge is 0.271 e. The van der Waals surface area contributed by atoms with Crippen molar-refractivity contribution in [2.24, 2.45) is 0 Å². The number of rotatable bonds is 5. The molecule has 8 heteroatoms. The molecular formula is C13H11BrClN3O3. The van der Waals surface area contributed by atoms with Gasteiger partial charge in [0.2, 0.25) is 5.88 Å². The Morgan fingerprint density at radius 3 is 2.76 bits per heavy atom. The van der Waals surface area contributed by atoms with Gasteiger partial charge < -0.3 is 4.74 Å². The lowest BCUT2D eigenvalue weighted by atomic mass is 10.3. The molecule has 0 aliphatic heterocycles. The molecule has 0 radical (unpaired) electrons. The van der Waals surface area contributed by atoms with E-state index in [1.165, 1.54) is 18.2 Å². The predicted octanol–water partition coefficient (Wildman–Crippen LogP) is 4.55. The molecule has 0 aliphatic rings. The topological polar surface area (TPSA) is 78.2 Å². The van der Waals surface area contributed by atoms with Crippen molar-refractivity contribution in [3.8, 4) is 11.6 Å². The van der Waals surface area contributed by atoms with Crippen molar-refractivity contribution in [1.82, 2.24) is 9.97 Å². The summed E-state index contributed by atoms with van der Waals surface area (Å²) in [4.78, 5) is 18.6. The third-order valence-corrected chi connectivity index (χ3v) is 3.23. The number of nitro groups is 1. The minimum Gasteiger partial charge on any atom is -0.437 e. The highest BCUT2D eigenvalue weighted by Crippen LogP contribution is 2.32. The van der Waals surface area contributed by atoms with Crippen LogP contribution >= 0.6 is 27.5 Å². The molecule has 1 heterocycles. The number of nitro benzene ring substituents is 1. The van der Waals surface area contributed by atoms with E-state index in [0.717, 1.165) is 12.8 Å². The first-order valence-electron chi connectivity index (χ1n) is 6.15. The molecule has 21 heavy (non-hydrogen) atoms. The SMILES string of the molecule is CCCc1nc(Br)cc(Oc2ccc([N+](=O)[O-])cc2Cl)n1. The highest BCUT2D eigenvalue weighted by atomic mass is 79.9. The fourth-order valence-corrected chi connectivity index (χ4v) is 2.24. The molecule has 0 bridgehead atoms. The molecule has 0 saturated carbocycles. The number of aromatic nitrogens is 2. The summed E-state index contributed by atoms with van der Waals surface area (Å²) in [6.07, 6.45) is 1.64. The lowest BCUT2D eigenvalue weighted by Crippen LogP contribution is -1.98. The summed E-state index contributed by atoms with van der Waals surface area (Å²) in [5.74, 6) is 1.28. The van der Waals surface area contributed by atoms with E-state index in [0.29, 0.717) is 22.1 Å². The molecule has 0 aliphatic carbocycles. The number of hydrogen-bond acceptors (Lipinski definition) is 5. The minimum atomic E-state index is -0.518. The fraction of sp³-hybridized carbons (Fsp3) is 0.231. The van der Waals surface area contributed by atoms with E-state index >= 15 is 0 Å². The van der Waals surface area contributed by atoms with Crippen LogP contribution in [0.15, 0.2) is 28.9 Å². The molecule has 0 unspecified atom stereocenters. The van der Waals surface area contributed by atoms with Crippen molar-refractivity contribution in [2.75, 3.05) is 0 Å². The Kier molecular flexibility index (Phi) is 5.08. The van der Waals surface area contributed by atoms with Gasteiger partial charge >= 0.3 is 0 Å². The zero-order chi connectivity index (χ0) is 15.4. The average Bonchev–Trinajstić information content (AvgIpc) is 2.40. The number of nitrogens with zero attached hydrogens (tertiary/aromatic N) is 3. The van der Waals surface area contributed by atoms with Gasteiger partial charge in [0, 0.05) is 24.6 Å². The van der Waals surface area contributed by atoms with Crippen molar-refractivity contribution in [1.29, 1.82) is 0 Å².